The summed E-state index contributed by atoms with van der Waals surface area (Å²) in [4.78, 5) is 19.1. The van der Waals surface area contributed by atoms with E-state index in [1.807, 2.05) is 11.8 Å². The molecule has 5 nitrogen and oxygen atoms in total. The summed E-state index contributed by atoms with van der Waals surface area (Å²) in [6.07, 6.45) is 6.58. The summed E-state index contributed by atoms with van der Waals surface area (Å²) in [5.74, 6) is -3.44. The van der Waals surface area contributed by atoms with E-state index in [2.05, 4.69) is 11.9 Å². The largest absolute Gasteiger partial charge is 0.429 e. The van der Waals surface area contributed by atoms with Crippen molar-refractivity contribution in [3.8, 4) is 0 Å². The molecule has 7 heteroatoms. The second-order valence-electron chi connectivity index (χ2n) is 9.99. The molecule has 2 heterocycles. The standard InChI is InChI=1S/C24H38F2N2O3/c1-16-7-8-17(2)27-15-21(12-16)31-23(30)18(3)19-9-10-20(14-24(25,26)13-19)28-11-5-4-6-22(28)29/h15-16,18-20,22,29H,4-14H2,1-3H3/b21-15+,27-17?. The molecule has 0 radical (unpaired) electrons. The maximum Gasteiger partial charge on any atom is 0.314 e. The van der Waals surface area contributed by atoms with E-state index in [1.54, 1.807) is 13.1 Å². The van der Waals surface area contributed by atoms with Crippen molar-refractivity contribution in [3.05, 3.63) is 12.0 Å². The quantitative estimate of drug-likeness (QED) is 0.477. The fourth-order valence-corrected chi connectivity index (χ4v) is 5.18. The molecule has 1 saturated heterocycles. The Balaban J connectivity index is 1.65. The number of likely N-dealkylation sites (tertiary alicyclic amines) is 1. The highest BCUT2D eigenvalue weighted by Crippen LogP contribution is 2.41. The van der Waals surface area contributed by atoms with E-state index in [1.165, 1.54) is 0 Å². The fraction of sp³-hybridized carbons (Fsp3) is 0.833. The number of allylic oxidation sites excluding steroid dienone is 1. The second-order valence-corrected chi connectivity index (χ2v) is 9.99. The number of hydrogen-bond acceptors (Lipinski definition) is 5. The molecular weight excluding hydrogens is 402 g/mol. The molecule has 2 fully saturated rings. The minimum Gasteiger partial charge on any atom is -0.429 e. The van der Waals surface area contributed by atoms with E-state index in [-0.39, 0.29) is 18.9 Å². The number of hydrogen-bond donors (Lipinski definition) is 1. The first-order valence-electron chi connectivity index (χ1n) is 11.9. The van der Waals surface area contributed by atoms with E-state index >= 15 is 0 Å². The monoisotopic (exact) mass is 440 g/mol. The third kappa shape index (κ3) is 6.82. The SMILES string of the molecule is CC1=N/C=C(/OC(=O)C(C)C2CCC(N3CCCCC3O)CC(F)(F)C2)CC(C)CC1. The van der Waals surface area contributed by atoms with Gasteiger partial charge in [0.25, 0.3) is 0 Å². The third-order valence-electron chi connectivity index (χ3n) is 7.23. The number of aliphatic imine (C=N–C) groups is 1. The highest BCUT2D eigenvalue weighted by Gasteiger charge is 2.44. The number of alkyl halides is 2. The number of carbonyl (C=O) groups excluding carboxylic acids is 1. The van der Waals surface area contributed by atoms with Crippen molar-refractivity contribution in [2.24, 2.45) is 22.7 Å². The second kappa shape index (κ2) is 10.5. The fourth-order valence-electron chi connectivity index (χ4n) is 5.18. The molecule has 3 aliphatic rings. The predicted molar refractivity (Wildman–Crippen MR) is 117 cm³/mol. The van der Waals surface area contributed by atoms with Gasteiger partial charge in [0.1, 0.15) is 12.0 Å². The zero-order chi connectivity index (χ0) is 22.6. The van der Waals surface area contributed by atoms with Crippen molar-refractivity contribution in [3.63, 3.8) is 0 Å². The number of aliphatic hydroxyl groups excluding tert-OH is 1. The number of halogens is 2. The van der Waals surface area contributed by atoms with Gasteiger partial charge < -0.3 is 9.84 Å². The number of rotatable bonds is 4. The third-order valence-corrected chi connectivity index (χ3v) is 7.23. The van der Waals surface area contributed by atoms with E-state index in [4.69, 9.17) is 4.74 Å². The van der Waals surface area contributed by atoms with Gasteiger partial charge in [-0.15, -0.1) is 0 Å². The highest BCUT2D eigenvalue weighted by atomic mass is 19.3. The molecule has 31 heavy (non-hydrogen) atoms. The van der Waals surface area contributed by atoms with Crippen molar-refractivity contribution in [1.29, 1.82) is 0 Å². The Bertz CT molecular complexity index is 694. The lowest BCUT2D eigenvalue weighted by molar-refractivity contribution is -0.147. The average molecular weight is 441 g/mol. The summed E-state index contributed by atoms with van der Waals surface area (Å²) in [6.45, 7) is 6.45. The maximum absolute atomic E-state index is 14.8. The molecule has 0 amide bonds. The predicted octanol–water partition coefficient (Wildman–Crippen LogP) is 5.29. The number of esters is 1. The number of aliphatic hydroxyl groups is 1. The van der Waals surface area contributed by atoms with Crippen LogP contribution in [0.3, 0.4) is 0 Å². The lowest BCUT2D eigenvalue weighted by Gasteiger charge is -2.39. The zero-order valence-electron chi connectivity index (χ0n) is 19.2. The smallest absolute Gasteiger partial charge is 0.314 e. The number of ether oxygens (including phenoxy) is 1. The molecule has 5 unspecified atom stereocenters. The van der Waals surface area contributed by atoms with Gasteiger partial charge in [0.05, 0.1) is 12.1 Å². The van der Waals surface area contributed by atoms with Crippen LogP contribution >= 0.6 is 0 Å². The summed E-state index contributed by atoms with van der Waals surface area (Å²) in [7, 11) is 0. The van der Waals surface area contributed by atoms with Crippen LogP contribution in [0.15, 0.2) is 17.0 Å². The molecule has 2 aliphatic heterocycles. The Hall–Kier alpha value is -1.34. The van der Waals surface area contributed by atoms with Gasteiger partial charge >= 0.3 is 5.97 Å². The Morgan fingerprint density at radius 1 is 1.26 bits per heavy atom. The Morgan fingerprint density at radius 2 is 2.03 bits per heavy atom. The van der Waals surface area contributed by atoms with Crippen LogP contribution in [-0.4, -0.2) is 46.4 Å². The molecule has 0 bridgehead atoms. The molecule has 0 aromatic rings. The van der Waals surface area contributed by atoms with E-state index in [0.29, 0.717) is 43.9 Å². The van der Waals surface area contributed by atoms with Crippen LogP contribution < -0.4 is 0 Å². The lowest BCUT2D eigenvalue weighted by atomic mass is 9.86. The minimum absolute atomic E-state index is 0.251. The van der Waals surface area contributed by atoms with Crippen LogP contribution in [0.25, 0.3) is 0 Å². The summed E-state index contributed by atoms with van der Waals surface area (Å²) in [5.41, 5.74) is 1.00. The van der Waals surface area contributed by atoms with E-state index in [9.17, 15) is 18.7 Å². The topological polar surface area (TPSA) is 62.1 Å². The van der Waals surface area contributed by atoms with E-state index < -0.39 is 30.0 Å². The summed E-state index contributed by atoms with van der Waals surface area (Å²) >= 11 is 0. The van der Waals surface area contributed by atoms with Gasteiger partial charge in [-0.1, -0.05) is 13.8 Å². The first-order valence-corrected chi connectivity index (χ1v) is 11.9. The first-order chi connectivity index (χ1) is 14.6. The van der Waals surface area contributed by atoms with Crippen LogP contribution in [0.4, 0.5) is 8.78 Å². The normalized spacial score (nSPS) is 35.5. The van der Waals surface area contributed by atoms with Gasteiger partial charge in [-0.25, -0.2) is 8.78 Å². The van der Waals surface area contributed by atoms with Crippen LogP contribution in [0.1, 0.15) is 85.0 Å². The zero-order valence-corrected chi connectivity index (χ0v) is 19.2. The number of nitrogens with zero attached hydrogens (tertiary/aromatic N) is 2. The van der Waals surface area contributed by atoms with Crippen LogP contribution in [-0.2, 0) is 9.53 Å². The maximum atomic E-state index is 14.8. The Kier molecular flexibility index (Phi) is 8.25. The first kappa shape index (κ1) is 24.3. The summed E-state index contributed by atoms with van der Waals surface area (Å²) in [5, 5.41) is 10.3. The van der Waals surface area contributed by atoms with Crippen LogP contribution in [0, 0.1) is 17.8 Å². The number of piperidine rings is 1. The van der Waals surface area contributed by atoms with Gasteiger partial charge in [-0.05, 0) is 63.7 Å². The van der Waals surface area contributed by atoms with Crippen molar-refractivity contribution in [2.75, 3.05) is 6.54 Å². The van der Waals surface area contributed by atoms with Gasteiger partial charge in [-0.2, -0.15) is 0 Å². The molecule has 0 aromatic carbocycles. The molecule has 5 atom stereocenters. The molecule has 1 aliphatic carbocycles. The van der Waals surface area contributed by atoms with Crippen molar-refractivity contribution in [2.45, 2.75) is 103 Å². The van der Waals surface area contributed by atoms with Gasteiger partial charge in [0.15, 0.2) is 0 Å². The van der Waals surface area contributed by atoms with Crippen LogP contribution in [0.2, 0.25) is 0 Å². The van der Waals surface area contributed by atoms with Crippen molar-refractivity contribution >= 4 is 11.7 Å². The van der Waals surface area contributed by atoms with Gasteiger partial charge in [-0.3, -0.25) is 14.7 Å². The van der Waals surface area contributed by atoms with Crippen LogP contribution in [0.5, 0.6) is 0 Å². The van der Waals surface area contributed by atoms with Gasteiger partial charge in [0.2, 0.25) is 5.92 Å². The van der Waals surface area contributed by atoms with E-state index in [0.717, 1.165) is 31.4 Å². The summed E-state index contributed by atoms with van der Waals surface area (Å²) in [6, 6.07) is -0.343. The highest BCUT2D eigenvalue weighted by molar-refractivity contribution is 5.82. The summed E-state index contributed by atoms with van der Waals surface area (Å²) < 4.78 is 35.3. The number of carbonyl (C=O) groups is 1. The van der Waals surface area contributed by atoms with Crippen molar-refractivity contribution < 1.29 is 23.4 Å². The molecule has 0 spiro atoms. The molecule has 3 rings (SSSR count). The lowest BCUT2D eigenvalue weighted by Crippen LogP contribution is -2.47. The minimum atomic E-state index is -2.85. The Labute approximate surface area is 184 Å². The molecular formula is C24H38F2N2O3. The molecule has 1 N–H and O–H groups in total. The molecule has 176 valence electrons. The molecule has 1 saturated carbocycles. The average Bonchev–Trinajstić information content (AvgIpc) is 2.87. The van der Waals surface area contributed by atoms with Gasteiger partial charge in [0, 0.05) is 37.6 Å². The Morgan fingerprint density at radius 3 is 2.77 bits per heavy atom. The molecule has 0 aromatic heterocycles. The van der Waals surface area contributed by atoms with Crippen molar-refractivity contribution in [1.82, 2.24) is 4.90 Å².